The van der Waals surface area contributed by atoms with Crippen LogP contribution in [0.15, 0.2) is 29.3 Å². The van der Waals surface area contributed by atoms with Gasteiger partial charge < -0.3 is 20.1 Å². The lowest BCUT2D eigenvalue weighted by Crippen LogP contribution is -2.50. The predicted molar refractivity (Wildman–Crippen MR) is 122 cm³/mol. The molecule has 0 aromatic heterocycles. The lowest BCUT2D eigenvalue weighted by atomic mass is 10.2. The van der Waals surface area contributed by atoms with Crippen molar-refractivity contribution < 1.29 is 13.9 Å². The third-order valence-corrected chi connectivity index (χ3v) is 4.27. The first-order valence-corrected chi connectivity index (χ1v) is 9.67. The summed E-state index contributed by atoms with van der Waals surface area (Å²) in [5, 5.41) is 6.58. The number of halogens is 2. The zero-order chi connectivity index (χ0) is 19.6. The lowest BCUT2D eigenvalue weighted by Gasteiger charge is -2.34. The third kappa shape index (κ3) is 9.38. The summed E-state index contributed by atoms with van der Waals surface area (Å²) >= 11 is 0. The highest BCUT2D eigenvalue weighted by molar-refractivity contribution is 14.0. The molecule has 0 amide bonds. The first kappa shape index (κ1) is 24.9. The second-order valence-electron chi connectivity index (χ2n) is 7.36. The van der Waals surface area contributed by atoms with Gasteiger partial charge in [-0.3, -0.25) is 9.89 Å². The van der Waals surface area contributed by atoms with Crippen molar-refractivity contribution in [3.05, 3.63) is 30.1 Å². The topological polar surface area (TPSA) is 58.1 Å². The van der Waals surface area contributed by atoms with Gasteiger partial charge in [-0.2, -0.15) is 0 Å². The summed E-state index contributed by atoms with van der Waals surface area (Å²) < 4.78 is 24.6. The highest BCUT2D eigenvalue weighted by atomic mass is 127. The summed E-state index contributed by atoms with van der Waals surface area (Å²) in [5.74, 6) is 1.76. The Kier molecular flexibility index (Phi) is 11.7. The van der Waals surface area contributed by atoms with E-state index in [1.807, 2.05) is 6.92 Å². The van der Waals surface area contributed by atoms with Crippen molar-refractivity contribution in [1.82, 2.24) is 15.5 Å². The Morgan fingerprint density at radius 1 is 1.29 bits per heavy atom. The van der Waals surface area contributed by atoms with Crippen LogP contribution in [0, 0.1) is 11.7 Å². The molecule has 2 unspecified atom stereocenters. The number of hydrogen-bond donors (Lipinski definition) is 2. The highest BCUT2D eigenvalue weighted by Gasteiger charge is 2.21. The van der Waals surface area contributed by atoms with E-state index in [-0.39, 0.29) is 42.0 Å². The predicted octanol–water partition coefficient (Wildman–Crippen LogP) is 2.73. The molecular formula is C20H34FIN4O2. The Labute approximate surface area is 185 Å². The molecule has 1 saturated heterocycles. The first-order valence-electron chi connectivity index (χ1n) is 9.67. The smallest absolute Gasteiger partial charge is 0.191 e. The van der Waals surface area contributed by atoms with E-state index < -0.39 is 0 Å². The van der Waals surface area contributed by atoms with E-state index >= 15 is 0 Å². The monoisotopic (exact) mass is 508 g/mol. The summed E-state index contributed by atoms with van der Waals surface area (Å²) in [7, 11) is 1.74. The van der Waals surface area contributed by atoms with Crippen molar-refractivity contribution in [3.63, 3.8) is 0 Å². The van der Waals surface area contributed by atoms with Gasteiger partial charge in [0, 0.05) is 33.2 Å². The minimum Gasteiger partial charge on any atom is -0.489 e. The van der Waals surface area contributed by atoms with Crippen LogP contribution in [0.2, 0.25) is 0 Å². The van der Waals surface area contributed by atoms with Crippen molar-refractivity contribution in [2.24, 2.45) is 10.9 Å². The van der Waals surface area contributed by atoms with Crippen LogP contribution in [0.5, 0.6) is 5.75 Å². The van der Waals surface area contributed by atoms with Crippen molar-refractivity contribution >= 4 is 29.9 Å². The van der Waals surface area contributed by atoms with Gasteiger partial charge in [-0.25, -0.2) is 4.39 Å². The molecule has 0 aliphatic carbocycles. The maximum absolute atomic E-state index is 12.9. The number of rotatable bonds is 8. The zero-order valence-corrected chi connectivity index (χ0v) is 19.6. The number of aliphatic imine (C=N–C) groups is 1. The van der Waals surface area contributed by atoms with E-state index in [0.29, 0.717) is 30.7 Å². The Balaban J connectivity index is 0.00000392. The van der Waals surface area contributed by atoms with Crippen LogP contribution in [0.25, 0.3) is 0 Å². The maximum atomic E-state index is 12.9. The molecule has 160 valence electrons. The molecule has 8 heteroatoms. The number of hydrogen-bond acceptors (Lipinski definition) is 4. The van der Waals surface area contributed by atoms with Crippen LogP contribution in [0.1, 0.15) is 20.8 Å². The lowest BCUT2D eigenvalue weighted by molar-refractivity contribution is -0.0284. The van der Waals surface area contributed by atoms with Gasteiger partial charge in [-0.15, -0.1) is 24.0 Å². The molecule has 1 fully saturated rings. The molecule has 6 nitrogen and oxygen atoms in total. The van der Waals surface area contributed by atoms with Crippen LogP contribution in [-0.2, 0) is 4.74 Å². The van der Waals surface area contributed by atoms with Crippen molar-refractivity contribution in [3.8, 4) is 5.75 Å². The molecule has 28 heavy (non-hydrogen) atoms. The summed E-state index contributed by atoms with van der Waals surface area (Å²) in [6.07, 6.45) is 0.0745. The summed E-state index contributed by atoms with van der Waals surface area (Å²) in [6.45, 7) is 11.5. The zero-order valence-electron chi connectivity index (χ0n) is 17.3. The third-order valence-electron chi connectivity index (χ3n) is 4.27. The Morgan fingerprint density at radius 3 is 2.64 bits per heavy atom. The molecule has 0 bridgehead atoms. The highest BCUT2D eigenvalue weighted by Crippen LogP contribution is 2.12. The Hall–Kier alpha value is -1.13. The van der Waals surface area contributed by atoms with Gasteiger partial charge in [0.05, 0.1) is 19.3 Å². The van der Waals surface area contributed by atoms with E-state index in [4.69, 9.17) is 9.47 Å². The van der Waals surface area contributed by atoms with Gasteiger partial charge >= 0.3 is 0 Å². The molecule has 1 aliphatic heterocycles. The maximum Gasteiger partial charge on any atom is 0.191 e. The average molecular weight is 508 g/mol. The number of morpholine rings is 1. The molecule has 1 aromatic carbocycles. The molecule has 1 heterocycles. The van der Waals surface area contributed by atoms with Crippen LogP contribution < -0.4 is 15.4 Å². The number of nitrogens with one attached hydrogen (secondary N) is 2. The number of ether oxygens (including phenoxy) is 2. The van der Waals surface area contributed by atoms with Crippen molar-refractivity contribution in [2.45, 2.75) is 33.0 Å². The van der Waals surface area contributed by atoms with Gasteiger partial charge in [0.25, 0.3) is 0 Å². The standard InChI is InChI=1S/C20H33FN4O2.HI/c1-15(2)13-25-9-10-26-19(14-25)12-24-20(22-4)23-11-16(3)27-18-7-5-17(21)6-8-18;/h5-8,15-16,19H,9-14H2,1-4H3,(H2,22,23,24);1H. The molecule has 2 N–H and O–H groups in total. The Morgan fingerprint density at radius 2 is 2.00 bits per heavy atom. The first-order chi connectivity index (χ1) is 13.0. The molecule has 0 spiro atoms. The van der Waals surface area contributed by atoms with E-state index in [1.54, 1.807) is 19.2 Å². The fourth-order valence-corrected chi connectivity index (χ4v) is 3.04. The fourth-order valence-electron chi connectivity index (χ4n) is 3.04. The van der Waals surface area contributed by atoms with Crippen molar-refractivity contribution in [2.75, 3.05) is 46.4 Å². The summed E-state index contributed by atoms with van der Waals surface area (Å²) in [4.78, 5) is 6.70. The van der Waals surface area contributed by atoms with Crippen LogP contribution in [-0.4, -0.2) is 69.4 Å². The second kappa shape index (κ2) is 13.2. The van der Waals surface area contributed by atoms with E-state index in [2.05, 4.69) is 34.4 Å². The van der Waals surface area contributed by atoms with Gasteiger partial charge in [-0.1, -0.05) is 13.8 Å². The minimum atomic E-state index is -0.269. The fraction of sp³-hybridized carbons (Fsp3) is 0.650. The molecular weight excluding hydrogens is 474 g/mol. The minimum absolute atomic E-state index is 0. The molecule has 1 aromatic rings. The molecule has 2 atom stereocenters. The van der Waals surface area contributed by atoms with Crippen LogP contribution in [0.4, 0.5) is 4.39 Å². The molecule has 0 saturated carbocycles. The molecule has 2 rings (SSSR count). The van der Waals surface area contributed by atoms with Gasteiger partial charge in [0.2, 0.25) is 0 Å². The largest absolute Gasteiger partial charge is 0.489 e. The number of benzene rings is 1. The summed E-state index contributed by atoms with van der Waals surface area (Å²) in [5.41, 5.74) is 0. The molecule has 0 radical (unpaired) electrons. The SMILES string of the molecule is CN=C(NCC(C)Oc1ccc(F)cc1)NCC1CN(CC(C)C)CCO1.I. The van der Waals surface area contributed by atoms with Crippen molar-refractivity contribution in [1.29, 1.82) is 0 Å². The second-order valence-corrected chi connectivity index (χ2v) is 7.36. The van der Waals surface area contributed by atoms with E-state index in [0.717, 1.165) is 26.2 Å². The summed E-state index contributed by atoms with van der Waals surface area (Å²) in [6, 6.07) is 6.04. The number of nitrogens with zero attached hydrogens (tertiary/aromatic N) is 2. The normalized spacial score (nSPS) is 19.1. The quantitative estimate of drug-likeness (QED) is 0.322. The average Bonchev–Trinajstić information content (AvgIpc) is 2.63. The van der Waals surface area contributed by atoms with Crippen LogP contribution in [0.3, 0.4) is 0 Å². The van der Waals surface area contributed by atoms with E-state index in [9.17, 15) is 4.39 Å². The molecule has 1 aliphatic rings. The van der Waals surface area contributed by atoms with Crippen LogP contribution >= 0.6 is 24.0 Å². The number of guanidine groups is 1. The van der Waals surface area contributed by atoms with E-state index in [1.165, 1.54) is 12.1 Å². The van der Waals surface area contributed by atoms with Gasteiger partial charge in [-0.05, 0) is 37.1 Å². The Bertz CT molecular complexity index is 586. The van der Waals surface area contributed by atoms with Gasteiger partial charge in [0.1, 0.15) is 17.7 Å². The van der Waals surface area contributed by atoms with Gasteiger partial charge in [0.15, 0.2) is 5.96 Å².